The van der Waals surface area contributed by atoms with Gasteiger partial charge in [-0.1, -0.05) is 33.6 Å². The second-order valence-electron chi connectivity index (χ2n) is 5.17. The molecule has 0 bridgehead atoms. The fourth-order valence-electron chi connectivity index (χ4n) is 1.98. The summed E-state index contributed by atoms with van der Waals surface area (Å²) in [7, 11) is 0. The van der Waals surface area contributed by atoms with Gasteiger partial charge >= 0.3 is 0 Å². The number of unbranched alkanes of at least 4 members (excludes halogenated alkanes) is 1. The van der Waals surface area contributed by atoms with E-state index < -0.39 is 6.26 Å². The lowest BCUT2D eigenvalue weighted by atomic mass is 9.87. The normalized spacial score (nSPS) is 15.1. The molecule has 2 heteroatoms. The Morgan fingerprint density at radius 2 is 1.76 bits per heavy atom. The molecule has 0 rings (SSSR count). The van der Waals surface area contributed by atoms with Crippen molar-refractivity contribution in [2.24, 2.45) is 11.8 Å². The number of aldehydes is 1. The lowest BCUT2D eigenvalue weighted by Gasteiger charge is -2.18. The van der Waals surface area contributed by atoms with E-state index in [2.05, 4.69) is 20.8 Å². The average Bonchev–Trinajstić information content (AvgIpc) is 2.33. The van der Waals surface area contributed by atoms with E-state index in [1.807, 2.05) is 0 Å². The predicted octanol–water partition coefficient (Wildman–Crippen LogP) is 4.17. The van der Waals surface area contributed by atoms with Crippen LogP contribution in [0.2, 0.25) is 0 Å². The number of Topliss-reactive ketones (excluding diaryl/α,β-unsaturated/α-hetero) is 1. The summed E-state index contributed by atoms with van der Waals surface area (Å²) in [6, 6.07) is 0. The Labute approximate surface area is 108 Å². The molecule has 17 heavy (non-hydrogen) atoms. The van der Waals surface area contributed by atoms with Crippen molar-refractivity contribution < 1.29 is 11.0 Å². The zero-order valence-electron chi connectivity index (χ0n) is 12.6. The number of carbonyl (C=O) groups excluding carboxylic acids is 2. The summed E-state index contributed by atoms with van der Waals surface area (Å²) < 4.78 is 6.89. The lowest BCUT2D eigenvalue weighted by molar-refractivity contribution is -0.119. The fraction of sp³-hybridized carbons (Fsp3) is 0.867. The number of carbonyl (C=O) groups is 2. The Bertz CT molecular complexity index is 251. The van der Waals surface area contributed by atoms with Crippen molar-refractivity contribution in [2.75, 3.05) is 0 Å². The van der Waals surface area contributed by atoms with Gasteiger partial charge in [-0.3, -0.25) is 4.79 Å². The van der Waals surface area contributed by atoms with Gasteiger partial charge < -0.3 is 4.79 Å². The highest BCUT2D eigenvalue weighted by molar-refractivity contribution is 5.78. The fourth-order valence-corrected chi connectivity index (χ4v) is 1.98. The number of hydrogen-bond donors (Lipinski definition) is 0. The molecule has 2 atom stereocenters. The highest BCUT2D eigenvalue weighted by atomic mass is 16.1. The molecule has 0 heterocycles. The molecule has 0 saturated carbocycles. The minimum absolute atomic E-state index is 0.362. The Morgan fingerprint density at radius 3 is 2.35 bits per heavy atom. The van der Waals surface area contributed by atoms with Crippen molar-refractivity contribution in [3.05, 3.63) is 0 Å². The maximum atomic E-state index is 11.5. The Hall–Kier alpha value is -0.660. The summed E-state index contributed by atoms with van der Waals surface area (Å²) in [5.74, 6) is 1.38. The molecule has 0 saturated heterocycles. The van der Waals surface area contributed by atoms with Crippen LogP contribution in [0.15, 0.2) is 0 Å². The third kappa shape index (κ3) is 9.08. The third-order valence-corrected chi connectivity index (χ3v) is 3.60. The van der Waals surface area contributed by atoms with Crippen LogP contribution in [0.5, 0.6) is 0 Å². The minimum atomic E-state index is -0.469. The number of ketones is 1. The van der Waals surface area contributed by atoms with E-state index in [0.717, 1.165) is 38.5 Å². The molecule has 0 aromatic carbocycles. The van der Waals surface area contributed by atoms with Gasteiger partial charge in [0, 0.05) is 19.3 Å². The smallest absolute Gasteiger partial charge is 0.132 e. The molecule has 2 unspecified atom stereocenters. The van der Waals surface area contributed by atoms with Crippen LogP contribution in [0.1, 0.15) is 73.5 Å². The molecule has 0 N–H and O–H groups in total. The van der Waals surface area contributed by atoms with Crippen molar-refractivity contribution in [3.8, 4) is 0 Å². The van der Waals surface area contributed by atoms with Crippen LogP contribution in [-0.2, 0) is 9.59 Å². The first-order valence-corrected chi connectivity index (χ1v) is 6.98. The van der Waals surface area contributed by atoms with Crippen LogP contribution in [0, 0.1) is 11.8 Å². The van der Waals surface area contributed by atoms with Gasteiger partial charge in [0.1, 0.15) is 13.4 Å². The molecular weight excluding hydrogens is 212 g/mol. The van der Waals surface area contributed by atoms with E-state index in [0.29, 0.717) is 30.5 Å². The molecule has 0 aromatic rings. The number of hydrogen-bond acceptors (Lipinski definition) is 2. The summed E-state index contributed by atoms with van der Waals surface area (Å²) in [6.45, 7) is 6.41. The Morgan fingerprint density at radius 1 is 1.18 bits per heavy atom. The van der Waals surface area contributed by atoms with E-state index >= 15 is 0 Å². The summed E-state index contributed by atoms with van der Waals surface area (Å²) >= 11 is 0. The van der Waals surface area contributed by atoms with E-state index in [9.17, 15) is 9.59 Å². The van der Waals surface area contributed by atoms with Gasteiger partial charge in [-0.05, 0) is 31.1 Å². The van der Waals surface area contributed by atoms with Gasteiger partial charge in [0.15, 0.2) is 0 Å². The quantitative estimate of drug-likeness (QED) is 0.510. The zero-order valence-corrected chi connectivity index (χ0v) is 11.6. The van der Waals surface area contributed by atoms with E-state index in [1.54, 1.807) is 0 Å². The molecule has 0 aromatic heterocycles. The maximum absolute atomic E-state index is 11.5. The largest absolute Gasteiger partial charge is 0.303 e. The topological polar surface area (TPSA) is 34.1 Å². The molecule has 100 valence electrons. The summed E-state index contributed by atoms with van der Waals surface area (Å²) in [5, 5.41) is 0. The molecule has 0 radical (unpaired) electrons. The maximum Gasteiger partial charge on any atom is 0.132 e. The molecule has 0 fully saturated rings. The predicted molar refractivity (Wildman–Crippen MR) is 72.0 cm³/mol. The second-order valence-corrected chi connectivity index (χ2v) is 5.17. The molecule has 0 aliphatic rings. The first-order valence-electron chi connectivity index (χ1n) is 7.48. The van der Waals surface area contributed by atoms with E-state index in [1.165, 1.54) is 0 Å². The van der Waals surface area contributed by atoms with Gasteiger partial charge in [-0.15, -0.1) is 0 Å². The van der Waals surface area contributed by atoms with E-state index in [4.69, 9.17) is 1.37 Å². The zero-order chi connectivity index (χ0) is 14.0. The standard InChI is InChI=1S/C15H28O2/c1-4-5-10-15(17)11-6-8-13(2)14(3)9-7-12-16/h12-14H,4-11H2,1-3H3/i12T. The van der Waals surface area contributed by atoms with Crippen LogP contribution in [-0.4, -0.2) is 12.0 Å². The van der Waals surface area contributed by atoms with Gasteiger partial charge in [0.05, 0.1) is 0 Å². The van der Waals surface area contributed by atoms with Crippen LogP contribution >= 0.6 is 0 Å². The van der Waals surface area contributed by atoms with Crippen LogP contribution in [0.25, 0.3) is 0 Å². The average molecular weight is 242 g/mol. The minimum Gasteiger partial charge on any atom is -0.303 e. The molecule has 0 spiro atoms. The number of rotatable bonds is 11. The second kappa shape index (κ2) is 10.5. The van der Waals surface area contributed by atoms with E-state index in [-0.39, 0.29) is 0 Å². The van der Waals surface area contributed by atoms with Crippen molar-refractivity contribution in [3.63, 3.8) is 0 Å². The van der Waals surface area contributed by atoms with Crippen LogP contribution < -0.4 is 0 Å². The van der Waals surface area contributed by atoms with Crippen molar-refractivity contribution in [1.82, 2.24) is 0 Å². The summed E-state index contributed by atoms with van der Waals surface area (Å²) in [5.41, 5.74) is 0. The lowest BCUT2D eigenvalue weighted by Crippen LogP contribution is -2.09. The molecule has 0 aliphatic heterocycles. The molecule has 0 aliphatic carbocycles. The van der Waals surface area contributed by atoms with Crippen molar-refractivity contribution >= 4 is 12.0 Å². The molecule has 2 nitrogen and oxygen atoms in total. The van der Waals surface area contributed by atoms with Gasteiger partial charge in [0.2, 0.25) is 0 Å². The SMILES string of the molecule is [3H]C(=O)CCC(C)C(C)CCCC(=O)CCCC. The first kappa shape index (κ1) is 14.4. The van der Waals surface area contributed by atoms with Crippen molar-refractivity contribution in [1.29, 1.82) is 0 Å². The van der Waals surface area contributed by atoms with Crippen LogP contribution in [0.4, 0.5) is 0 Å². The molecule has 0 amide bonds. The van der Waals surface area contributed by atoms with Crippen molar-refractivity contribution in [2.45, 2.75) is 72.1 Å². The monoisotopic (exact) mass is 242 g/mol. The Kier molecular flexibility index (Phi) is 8.89. The Balaban J connectivity index is 3.65. The van der Waals surface area contributed by atoms with Gasteiger partial charge in [0.25, 0.3) is 0 Å². The van der Waals surface area contributed by atoms with Gasteiger partial charge in [-0.2, -0.15) is 0 Å². The van der Waals surface area contributed by atoms with Gasteiger partial charge in [-0.25, -0.2) is 0 Å². The summed E-state index contributed by atoms with van der Waals surface area (Å²) in [6.07, 6.45) is 6.23. The van der Waals surface area contributed by atoms with Crippen LogP contribution in [0.3, 0.4) is 0 Å². The molecular formula is C15H28O2. The first-order chi connectivity index (χ1) is 8.47. The third-order valence-electron chi connectivity index (χ3n) is 3.60. The highest BCUT2D eigenvalue weighted by Gasteiger charge is 2.12. The summed E-state index contributed by atoms with van der Waals surface area (Å²) in [4.78, 5) is 22.1. The highest BCUT2D eigenvalue weighted by Crippen LogP contribution is 2.22.